The highest BCUT2D eigenvalue weighted by Crippen LogP contribution is 2.38. The van der Waals surface area contributed by atoms with Gasteiger partial charge >= 0.3 is 5.97 Å². The number of aliphatic carboxylic acids is 1. The number of carbonyl (C=O) groups is 3. The van der Waals surface area contributed by atoms with Gasteiger partial charge in [0.15, 0.2) is 5.78 Å². The molecule has 2 atom stereocenters. The normalized spacial score (nSPS) is 22.6. The van der Waals surface area contributed by atoms with Crippen LogP contribution in [0.25, 0.3) is 0 Å². The van der Waals surface area contributed by atoms with E-state index in [1.165, 1.54) is 35.2 Å². The summed E-state index contributed by atoms with van der Waals surface area (Å²) in [5, 5.41) is 11.8. The van der Waals surface area contributed by atoms with E-state index in [0.717, 1.165) is 0 Å². The van der Waals surface area contributed by atoms with Crippen LogP contribution in [-0.2, 0) is 14.4 Å². The van der Waals surface area contributed by atoms with Crippen molar-refractivity contribution in [1.82, 2.24) is 9.80 Å². The summed E-state index contributed by atoms with van der Waals surface area (Å²) in [7, 11) is 3.02. The number of benzene rings is 1. The number of hydrogen-bond acceptors (Lipinski definition) is 5. The zero-order valence-corrected chi connectivity index (χ0v) is 15.5. The van der Waals surface area contributed by atoms with Gasteiger partial charge in [0.25, 0.3) is 5.91 Å². The fourth-order valence-electron chi connectivity index (χ4n) is 3.35. The number of halogens is 2. The van der Waals surface area contributed by atoms with Crippen molar-refractivity contribution in [3.05, 3.63) is 52.1 Å². The number of nitrogens with zero attached hydrogens (tertiary/aromatic N) is 2. The number of ketones is 1. The zero-order valence-electron chi connectivity index (χ0n) is 14.8. The van der Waals surface area contributed by atoms with Crippen LogP contribution in [0.4, 0.5) is 10.1 Å². The lowest BCUT2D eigenvalue weighted by molar-refractivity contribution is -0.140. The molecule has 0 aliphatic carbocycles. The van der Waals surface area contributed by atoms with Crippen LogP contribution in [0.2, 0.25) is 0 Å². The number of carbonyl (C=O) groups excluding carboxylic acids is 2. The molecule has 1 amide bonds. The van der Waals surface area contributed by atoms with Crippen LogP contribution >= 0.6 is 11.6 Å². The van der Waals surface area contributed by atoms with Gasteiger partial charge in [-0.3, -0.25) is 9.59 Å². The number of likely N-dealkylation sites (N-methyl/N-ethyl adjacent to an activating group) is 1. The lowest BCUT2D eigenvalue weighted by Crippen LogP contribution is -2.59. The van der Waals surface area contributed by atoms with Gasteiger partial charge in [-0.2, -0.15) is 0 Å². The summed E-state index contributed by atoms with van der Waals surface area (Å²) >= 11 is 6.19. The molecule has 27 heavy (non-hydrogen) atoms. The van der Waals surface area contributed by atoms with Gasteiger partial charge in [0.2, 0.25) is 0 Å². The number of carboxylic acid groups (broad SMARTS) is 1. The summed E-state index contributed by atoms with van der Waals surface area (Å²) in [6.07, 6.45) is 0.394. The number of fused-ring (bicyclic) bond motifs is 1. The zero-order chi connectivity index (χ0) is 20.0. The molecule has 2 aliphatic heterocycles. The molecule has 0 saturated carbocycles. The topological polar surface area (TPSA) is 90.0 Å². The fourth-order valence-corrected chi connectivity index (χ4v) is 3.64. The van der Waals surface area contributed by atoms with Crippen LogP contribution < -0.4 is 5.32 Å². The van der Waals surface area contributed by atoms with E-state index < -0.39 is 41.1 Å². The Labute approximate surface area is 159 Å². The van der Waals surface area contributed by atoms with Crippen molar-refractivity contribution in [2.24, 2.45) is 5.92 Å². The predicted molar refractivity (Wildman–Crippen MR) is 96.2 cm³/mol. The van der Waals surface area contributed by atoms with E-state index in [-0.39, 0.29) is 16.4 Å². The van der Waals surface area contributed by atoms with Crippen LogP contribution in [0.5, 0.6) is 0 Å². The molecule has 2 unspecified atom stereocenters. The SMILES string of the molecule is Cc1ccc(NC2=C(Cl)C(=O)N(C)C3C2C(=O)C(C(=O)O)=CN3C)c(F)c1. The summed E-state index contributed by atoms with van der Waals surface area (Å²) in [5.74, 6) is -4.33. The Morgan fingerprint density at radius 1 is 1.30 bits per heavy atom. The molecule has 9 heteroatoms. The highest BCUT2D eigenvalue weighted by Gasteiger charge is 2.49. The summed E-state index contributed by atoms with van der Waals surface area (Å²) in [4.78, 5) is 39.5. The average molecular weight is 394 g/mol. The first-order chi connectivity index (χ1) is 12.6. The van der Waals surface area contributed by atoms with Crippen LogP contribution in [0.15, 0.2) is 40.7 Å². The Hall–Kier alpha value is -2.87. The van der Waals surface area contributed by atoms with Crippen molar-refractivity contribution in [2.75, 3.05) is 19.4 Å². The first-order valence-corrected chi connectivity index (χ1v) is 8.42. The molecule has 2 aliphatic rings. The van der Waals surface area contributed by atoms with Crippen molar-refractivity contribution in [2.45, 2.75) is 13.1 Å². The minimum absolute atomic E-state index is 0.0174. The molecule has 0 fully saturated rings. The average Bonchev–Trinajstić information content (AvgIpc) is 2.60. The van der Waals surface area contributed by atoms with Gasteiger partial charge in [-0.25, -0.2) is 9.18 Å². The molecule has 0 spiro atoms. The third kappa shape index (κ3) is 3.06. The Kier molecular flexibility index (Phi) is 4.69. The number of anilines is 1. The minimum atomic E-state index is -1.39. The maximum absolute atomic E-state index is 14.3. The molecule has 142 valence electrons. The first kappa shape index (κ1) is 18.9. The van der Waals surface area contributed by atoms with E-state index in [1.54, 1.807) is 20.0 Å². The molecule has 2 heterocycles. The van der Waals surface area contributed by atoms with E-state index in [9.17, 15) is 23.9 Å². The highest BCUT2D eigenvalue weighted by molar-refractivity contribution is 6.43. The number of amides is 1. The second kappa shape index (κ2) is 6.70. The van der Waals surface area contributed by atoms with Crippen molar-refractivity contribution >= 4 is 34.9 Å². The molecule has 3 rings (SSSR count). The van der Waals surface area contributed by atoms with Gasteiger partial charge < -0.3 is 20.2 Å². The van der Waals surface area contributed by atoms with Gasteiger partial charge in [0.1, 0.15) is 28.5 Å². The minimum Gasteiger partial charge on any atom is -0.478 e. The van der Waals surface area contributed by atoms with Gasteiger partial charge in [0.05, 0.1) is 11.4 Å². The van der Waals surface area contributed by atoms with E-state index in [0.29, 0.717) is 5.56 Å². The van der Waals surface area contributed by atoms with Crippen molar-refractivity contribution in [3.8, 4) is 0 Å². The second-order valence-electron chi connectivity index (χ2n) is 6.52. The lowest BCUT2D eigenvalue weighted by Gasteiger charge is -2.46. The molecular weight excluding hydrogens is 377 g/mol. The molecule has 0 bridgehead atoms. The Morgan fingerprint density at radius 2 is 1.96 bits per heavy atom. The highest BCUT2D eigenvalue weighted by atomic mass is 35.5. The Bertz CT molecular complexity index is 927. The number of hydrogen-bond donors (Lipinski definition) is 2. The Morgan fingerprint density at radius 3 is 2.56 bits per heavy atom. The number of carboxylic acids is 1. The molecule has 1 aromatic rings. The smallest absolute Gasteiger partial charge is 0.340 e. The molecule has 2 N–H and O–H groups in total. The van der Waals surface area contributed by atoms with E-state index in [2.05, 4.69) is 5.32 Å². The molecule has 7 nitrogen and oxygen atoms in total. The standard InChI is InChI=1S/C18H17ClFN3O4/c1-8-4-5-11(10(20)6-8)21-14-12-15(24)9(18(26)27)7-22(2)16(12)23(3)17(25)13(14)19/h4-7,12,16,21H,1-3H3,(H,26,27). The van der Waals surface area contributed by atoms with E-state index >= 15 is 0 Å². The first-order valence-electron chi connectivity index (χ1n) is 8.04. The third-order valence-electron chi connectivity index (χ3n) is 4.67. The van der Waals surface area contributed by atoms with Crippen molar-refractivity contribution in [3.63, 3.8) is 0 Å². The number of rotatable bonds is 3. The second-order valence-corrected chi connectivity index (χ2v) is 6.90. The van der Waals surface area contributed by atoms with Gasteiger partial charge in [-0.1, -0.05) is 17.7 Å². The summed E-state index contributed by atoms with van der Waals surface area (Å²) < 4.78 is 14.3. The molecule has 1 aromatic carbocycles. The number of aryl methyl sites for hydroxylation is 1. The van der Waals surface area contributed by atoms with E-state index in [4.69, 9.17) is 11.6 Å². The third-order valence-corrected chi connectivity index (χ3v) is 5.04. The maximum Gasteiger partial charge on any atom is 0.340 e. The van der Waals surface area contributed by atoms with Crippen molar-refractivity contribution < 1.29 is 23.9 Å². The van der Waals surface area contributed by atoms with Gasteiger partial charge in [-0.05, 0) is 24.6 Å². The number of Topliss-reactive ketones (excluding diaryl/α,β-unsaturated/α-hetero) is 1. The lowest BCUT2D eigenvalue weighted by atomic mass is 9.85. The summed E-state index contributed by atoms with van der Waals surface area (Å²) in [6.45, 7) is 1.72. The number of nitrogens with one attached hydrogen (secondary N) is 1. The monoisotopic (exact) mass is 393 g/mol. The summed E-state index contributed by atoms with van der Waals surface area (Å²) in [5.41, 5.74) is 0.276. The van der Waals surface area contributed by atoms with E-state index in [1.807, 2.05) is 0 Å². The largest absolute Gasteiger partial charge is 0.478 e. The van der Waals surface area contributed by atoms with Crippen LogP contribution in [0.1, 0.15) is 5.56 Å². The predicted octanol–water partition coefficient (Wildman–Crippen LogP) is 1.89. The van der Waals surface area contributed by atoms with Crippen LogP contribution in [0, 0.1) is 18.7 Å². The molecular formula is C18H17ClFN3O4. The van der Waals surface area contributed by atoms with Gasteiger partial charge in [0, 0.05) is 20.3 Å². The molecule has 0 radical (unpaired) electrons. The maximum atomic E-state index is 14.3. The van der Waals surface area contributed by atoms with Crippen LogP contribution in [-0.4, -0.2) is 52.8 Å². The summed E-state index contributed by atoms with van der Waals surface area (Å²) in [6, 6.07) is 4.42. The van der Waals surface area contributed by atoms with Crippen LogP contribution in [0.3, 0.4) is 0 Å². The fraction of sp³-hybridized carbons (Fsp3) is 0.278. The molecule has 0 aromatic heterocycles. The van der Waals surface area contributed by atoms with Crippen molar-refractivity contribution in [1.29, 1.82) is 0 Å². The van der Waals surface area contributed by atoms with Gasteiger partial charge in [-0.15, -0.1) is 0 Å². The quantitative estimate of drug-likeness (QED) is 0.762. The molecule has 0 saturated heterocycles. The Balaban J connectivity index is 2.13.